The van der Waals surface area contributed by atoms with Gasteiger partial charge in [0, 0.05) is 24.7 Å². The van der Waals surface area contributed by atoms with Crippen LogP contribution in [-0.2, 0) is 16.1 Å². The molecule has 0 unspecified atom stereocenters. The number of aliphatic carboxylic acids is 1. The Hall–Kier alpha value is -1.89. The Kier molecular flexibility index (Phi) is 3.90. The molecule has 0 aliphatic carbocycles. The highest BCUT2D eigenvalue weighted by Gasteiger charge is 2.41. The van der Waals surface area contributed by atoms with E-state index in [1.54, 1.807) is 0 Å². The third-order valence-corrected chi connectivity index (χ3v) is 4.74. The molecule has 1 aromatic heterocycles. The van der Waals surface area contributed by atoms with E-state index in [4.69, 9.17) is 9.63 Å². The van der Waals surface area contributed by atoms with Crippen LogP contribution in [0.3, 0.4) is 0 Å². The number of hydrogen-bond acceptors (Lipinski definition) is 5. The van der Waals surface area contributed by atoms with Crippen LogP contribution in [0.1, 0.15) is 29.9 Å². The van der Waals surface area contributed by atoms with E-state index in [2.05, 4.69) is 5.16 Å². The van der Waals surface area contributed by atoms with Gasteiger partial charge < -0.3 is 14.5 Å². The summed E-state index contributed by atoms with van der Waals surface area (Å²) in [5, 5.41) is 12.9. The van der Waals surface area contributed by atoms with Crippen LogP contribution in [0.5, 0.6) is 0 Å². The van der Waals surface area contributed by atoms with Crippen LogP contribution in [0.4, 0.5) is 0 Å². The molecule has 0 radical (unpaired) electrons. The fourth-order valence-electron chi connectivity index (χ4n) is 3.56. The lowest BCUT2D eigenvalue weighted by Crippen LogP contribution is -2.47. The number of rotatable bonds is 4. The molecule has 3 aliphatic rings. The van der Waals surface area contributed by atoms with Gasteiger partial charge in [0.05, 0.1) is 24.7 Å². The van der Waals surface area contributed by atoms with Crippen LogP contribution in [-0.4, -0.2) is 57.6 Å². The van der Waals surface area contributed by atoms with E-state index in [1.807, 2.05) is 23.6 Å². The summed E-state index contributed by atoms with van der Waals surface area (Å²) in [5.74, 6) is -0.0680. The monoisotopic (exact) mass is 307 g/mol. The summed E-state index contributed by atoms with van der Waals surface area (Å²) in [5.41, 5.74) is 1.78. The summed E-state index contributed by atoms with van der Waals surface area (Å²) >= 11 is 0. The molecule has 7 heteroatoms. The maximum atomic E-state index is 12.7. The Morgan fingerprint density at radius 1 is 1.36 bits per heavy atom. The van der Waals surface area contributed by atoms with E-state index < -0.39 is 5.97 Å². The lowest BCUT2D eigenvalue weighted by Gasteiger charge is -2.36. The number of aromatic nitrogens is 1. The van der Waals surface area contributed by atoms with Crippen molar-refractivity contribution in [1.82, 2.24) is 15.0 Å². The zero-order chi connectivity index (χ0) is 15.9. The molecule has 2 bridgehead atoms. The Morgan fingerprint density at radius 2 is 2.14 bits per heavy atom. The number of carbonyl (C=O) groups excluding carboxylic acids is 1. The third kappa shape index (κ3) is 2.72. The van der Waals surface area contributed by atoms with Gasteiger partial charge in [-0.05, 0) is 26.7 Å². The summed E-state index contributed by atoms with van der Waals surface area (Å²) in [7, 11) is 0. The Bertz CT molecular complexity index is 578. The number of fused-ring (bicyclic) bond motifs is 4. The minimum absolute atomic E-state index is 0.000554. The lowest BCUT2D eigenvalue weighted by atomic mass is 9.93. The van der Waals surface area contributed by atoms with Crippen molar-refractivity contribution in [3.8, 4) is 0 Å². The predicted octanol–water partition coefficient (Wildman–Crippen LogP) is 0.799. The molecule has 4 heterocycles. The summed E-state index contributed by atoms with van der Waals surface area (Å²) in [4.78, 5) is 27.4. The van der Waals surface area contributed by atoms with Gasteiger partial charge >= 0.3 is 5.97 Å². The van der Waals surface area contributed by atoms with Crippen molar-refractivity contribution in [2.45, 2.75) is 39.3 Å². The molecule has 0 saturated carbocycles. The van der Waals surface area contributed by atoms with Gasteiger partial charge in [-0.15, -0.1) is 0 Å². The predicted molar refractivity (Wildman–Crippen MR) is 77.1 cm³/mol. The number of hydrogen-bond donors (Lipinski definition) is 1. The second kappa shape index (κ2) is 5.72. The van der Waals surface area contributed by atoms with Gasteiger partial charge in [0.2, 0.25) is 5.91 Å². The minimum atomic E-state index is -0.842. The SMILES string of the molecule is Cc1noc(C)c1CN1C(=O)[C@@H]2CC[C@H]1CN(CC(=O)O)C2. The first kappa shape index (κ1) is 15.0. The van der Waals surface area contributed by atoms with Crippen LogP contribution in [0.2, 0.25) is 0 Å². The van der Waals surface area contributed by atoms with Gasteiger partial charge in [0.15, 0.2) is 0 Å². The Labute approximate surface area is 128 Å². The molecule has 120 valence electrons. The molecule has 1 aromatic rings. The Balaban J connectivity index is 1.80. The standard InChI is InChI=1S/C15H21N3O4/c1-9-13(10(2)22-16-9)7-18-12-4-3-11(15(18)21)5-17(6-12)8-14(19)20/h11-12H,3-8H2,1-2H3,(H,19,20)/t11-,12+/m1/s1. The maximum absolute atomic E-state index is 12.7. The van der Waals surface area contributed by atoms with Crippen LogP contribution < -0.4 is 0 Å². The van der Waals surface area contributed by atoms with Crippen molar-refractivity contribution in [2.24, 2.45) is 5.92 Å². The highest BCUT2D eigenvalue weighted by atomic mass is 16.5. The highest BCUT2D eigenvalue weighted by Crippen LogP contribution is 2.31. The fraction of sp³-hybridized carbons (Fsp3) is 0.667. The van der Waals surface area contributed by atoms with E-state index >= 15 is 0 Å². The molecule has 3 aliphatic heterocycles. The van der Waals surface area contributed by atoms with Gasteiger partial charge in [-0.1, -0.05) is 5.16 Å². The second-order valence-electron chi connectivity index (χ2n) is 6.28. The van der Waals surface area contributed by atoms with Crippen LogP contribution in [0, 0.1) is 19.8 Å². The third-order valence-electron chi connectivity index (χ3n) is 4.74. The molecule has 0 spiro atoms. The molecule has 3 fully saturated rings. The molecular weight excluding hydrogens is 286 g/mol. The first-order valence-corrected chi connectivity index (χ1v) is 7.62. The smallest absolute Gasteiger partial charge is 0.317 e. The zero-order valence-corrected chi connectivity index (χ0v) is 12.9. The minimum Gasteiger partial charge on any atom is -0.480 e. The number of carboxylic acid groups (broad SMARTS) is 1. The first-order valence-electron chi connectivity index (χ1n) is 7.62. The summed E-state index contributed by atoms with van der Waals surface area (Å²) in [6.45, 7) is 5.40. The van der Waals surface area contributed by atoms with Gasteiger partial charge in [0.25, 0.3) is 0 Å². The van der Waals surface area contributed by atoms with E-state index in [9.17, 15) is 9.59 Å². The highest BCUT2D eigenvalue weighted by molar-refractivity contribution is 5.81. The van der Waals surface area contributed by atoms with Crippen molar-refractivity contribution in [3.05, 3.63) is 17.0 Å². The molecule has 0 aromatic carbocycles. The number of amides is 1. The molecule has 1 N–H and O–H groups in total. The normalized spacial score (nSPS) is 25.5. The average molecular weight is 307 g/mol. The molecule has 1 amide bonds. The van der Waals surface area contributed by atoms with Crippen LogP contribution >= 0.6 is 0 Å². The van der Waals surface area contributed by atoms with Crippen molar-refractivity contribution in [1.29, 1.82) is 0 Å². The van der Waals surface area contributed by atoms with E-state index in [1.165, 1.54) is 0 Å². The van der Waals surface area contributed by atoms with Gasteiger partial charge in [0.1, 0.15) is 5.76 Å². The van der Waals surface area contributed by atoms with Crippen molar-refractivity contribution in [3.63, 3.8) is 0 Å². The van der Waals surface area contributed by atoms with E-state index in [0.29, 0.717) is 19.6 Å². The number of carboxylic acids is 1. The maximum Gasteiger partial charge on any atom is 0.317 e. The summed E-state index contributed by atoms with van der Waals surface area (Å²) in [6.07, 6.45) is 1.77. The molecule has 7 nitrogen and oxygen atoms in total. The fourth-order valence-corrected chi connectivity index (χ4v) is 3.56. The van der Waals surface area contributed by atoms with E-state index in [-0.39, 0.29) is 24.4 Å². The number of piperidine rings is 1. The largest absolute Gasteiger partial charge is 0.480 e. The quantitative estimate of drug-likeness (QED) is 0.885. The van der Waals surface area contributed by atoms with Crippen LogP contribution in [0.25, 0.3) is 0 Å². The van der Waals surface area contributed by atoms with E-state index in [0.717, 1.165) is 29.9 Å². The van der Waals surface area contributed by atoms with Crippen LogP contribution in [0.15, 0.2) is 4.52 Å². The topological polar surface area (TPSA) is 86.9 Å². The first-order chi connectivity index (χ1) is 10.5. The van der Waals surface area contributed by atoms with Gasteiger partial charge in [-0.2, -0.15) is 0 Å². The molecule has 2 atom stereocenters. The molecular formula is C15H21N3O4. The van der Waals surface area contributed by atoms with Gasteiger partial charge in [-0.3, -0.25) is 14.5 Å². The number of nitrogens with zero attached hydrogens (tertiary/aromatic N) is 3. The summed E-state index contributed by atoms with van der Waals surface area (Å²) in [6, 6.07) is 0.0688. The molecule has 3 saturated heterocycles. The molecule has 22 heavy (non-hydrogen) atoms. The Morgan fingerprint density at radius 3 is 2.77 bits per heavy atom. The molecule has 4 rings (SSSR count). The van der Waals surface area contributed by atoms with Crippen molar-refractivity contribution in [2.75, 3.05) is 19.6 Å². The second-order valence-corrected chi connectivity index (χ2v) is 6.28. The zero-order valence-electron chi connectivity index (χ0n) is 12.9. The average Bonchev–Trinajstić information content (AvgIpc) is 2.63. The van der Waals surface area contributed by atoms with Crippen molar-refractivity contribution >= 4 is 11.9 Å². The summed E-state index contributed by atoms with van der Waals surface area (Å²) < 4.78 is 5.18. The number of aryl methyl sites for hydroxylation is 2. The number of carbonyl (C=O) groups is 2. The van der Waals surface area contributed by atoms with Crippen molar-refractivity contribution < 1.29 is 19.2 Å². The lowest BCUT2D eigenvalue weighted by molar-refractivity contribution is -0.141. The van der Waals surface area contributed by atoms with Gasteiger partial charge in [-0.25, -0.2) is 0 Å².